The molecule has 0 bridgehead atoms. The fourth-order valence-corrected chi connectivity index (χ4v) is 3.85. The quantitative estimate of drug-likeness (QED) is 0.431. The van der Waals surface area contributed by atoms with Gasteiger partial charge in [0.2, 0.25) is 0 Å². The maximum absolute atomic E-state index is 4.49. The first kappa shape index (κ1) is 19.0. The highest BCUT2D eigenvalue weighted by Gasteiger charge is 2.40. The Labute approximate surface area is 147 Å². The molecular weight excluding hydrogens is 375 g/mol. The molecule has 124 valence electrons. The smallest absolute Gasteiger partial charge is 0.193 e. The molecule has 1 aliphatic carbocycles. The van der Waals surface area contributed by atoms with Crippen molar-refractivity contribution in [1.82, 2.24) is 15.1 Å². The summed E-state index contributed by atoms with van der Waals surface area (Å²) in [7, 11) is 1.92. The minimum Gasteiger partial charge on any atom is -0.355 e. The van der Waals surface area contributed by atoms with Gasteiger partial charge in [0, 0.05) is 33.2 Å². The third kappa shape index (κ3) is 4.98. The van der Waals surface area contributed by atoms with Crippen molar-refractivity contribution >= 4 is 29.9 Å². The Morgan fingerprint density at radius 1 is 1.19 bits per heavy atom. The highest BCUT2D eigenvalue weighted by Crippen LogP contribution is 2.45. The third-order valence-corrected chi connectivity index (χ3v) is 5.22. The third-order valence-electron chi connectivity index (χ3n) is 5.22. The van der Waals surface area contributed by atoms with Crippen LogP contribution in [0.3, 0.4) is 0 Å². The van der Waals surface area contributed by atoms with Crippen molar-refractivity contribution in [1.29, 1.82) is 0 Å². The van der Waals surface area contributed by atoms with E-state index < -0.39 is 0 Å². The second kappa shape index (κ2) is 9.18. The van der Waals surface area contributed by atoms with Crippen LogP contribution in [0.2, 0.25) is 0 Å². The van der Waals surface area contributed by atoms with Gasteiger partial charge < -0.3 is 15.1 Å². The minimum absolute atomic E-state index is 0. The van der Waals surface area contributed by atoms with E-state index >= 15 is 0 Å². The molecule has 0 aromatic heterocycles. The number of halogens is 1. The van der Waals surface area contributed by atoms with Gasteiger partial charge >= 0.3 is 0 Å². The van der Waals surface area contributed by atoms with Crippen LogP contribution in [0.15, 0.2) is 4.99 Å². The number of rotatable bonds is 5. The summed E-state index contributed by atoms with van der Waals surface area (Å²) in [6, 6.07) is 0. The van der Waals surface area contributed by atoms with E-state index in [2.05, 4.69) is 34.0 Å². The molecule has 0 amide bonds. The normalized spacial score (nSPS) is 21.1. The van der Waals surface area contributed by atoms with Crippen LogP contribution in [0, 0.1) is 5.41 Å². The highest BCUT2D eigenvalue weighted by atomic mass is 127. The largest absolute Gasteiger partial charge is 0.355 e. The summed E-state index contributed by atoms with van der Waals surface area (Å²) in [6.45, 7) is 11.2. The molecular formula is C16H33IN4. The van der Waals surface area contributed by atoms with Gasteiger partial charge in [-0.2, -0.15) is 0 Å². The van der Waals surface area contributed by atoms with E-state index in [1.165, 1.54) is 45.2 Å². The molecule has 0 atom stereocenters. The van der Waals surface area contributed by atoms with Crippen molar-refractivity contribution in [2.24, 2.45) is 10.4 Å². The van der Waals surface area contributed by atoms with E-state index in [1.807, 2.05) is 7.05 Å². The topological polar surface area (TPSA) is 30.9 Å². The van der Waals surface area contributed by atoms with Crippen LogP contribution in [0.5, 0.6) is 0 Å². The average Bonchev–Trinajstić information content (AvgIpc) is 3.10. The molecule has 5 heteroatoms. The van der Waals surface area contributed by atoms with Crippen molar-refractivity contribution < 1.29 is 0 Å². The van der Waals surface area contributed by atoms with Gasteiger partial charge in [0.05, 0.1) is 0 Å². The molecule has 1 heterocycles. The zero-order valence-electron chi connectivity index (χ0n) is 14.0. The predicted octanol–water partition coefficient (Wildman–Crippen LogP) is 2.79. The lowest BCUT2D eigenvalue weighted by Gasteiger charge is -2.26. The lowest BCUT2D eigenvalue weighted by atomic mass is 9.86. The number of nitrogens with zero attached hydrogens (tertiary/aromatic N) is 3. The molecule has 1 spiro atoms. The molecule has 1 N–H and O–H groups in total. The molecule has 1 saturated carbocycles. The molecule has 1 aliphatic heterocycles. The fraction of sp³-hybridized carbons (Fsp3) is 0.938. The summed E-state index contributed by atoms with van der Waals surface area (Å²) in [4.78, 5) is 9.41. The van der Waals surface area contributed by atoms with Crippen LogP contribution in [-0.2, 0) is 0 Å². The van der Waals surface area contributed by atoms with Gasteiger partial charge in [-0.05, 0) is 37.8 Å². The van der Waals surface area contributed by atoms with Crippen molar-refractivity contribution in [3.63, 3.8) is 0 Å². The number of hydrogen-bond acceptors (Lipinski definition) is 2. The number of aliphatic imine (C=N–C) groups is 1. The van der Waals surface area contributed by atoms with E-state index in [9.17, 15) is 0 Å². The average molecular weight is 408 g/mol. The second-order valence-electron chi connectivity index (χ2n) is 6.38. The van der Waals surface area contributed by atoms with Crippen LogP contribution in [-0.4, -0.2) is 62.1 Å². The van der Waals surface area contributed by atoms with Crippen molar-refractivity contribution in [3.05, 3.63) is 0 Å². The van der Waals surface area contributed by atoms with Crippen LogP contribution in [0.25, 0.3) is 0 Å². The molecule has 0 radical (unpaired) electrons. The van der Waals surface area contributed by atoms with Gasteiger partial charge in [0.15, 0.2) is 5.96 Å². The zero-order valence-corrected chi connectivity index (χ0v) is 16.4. The second-order valence-corrected chi connectivity index (χ2v) is 6.38. The van der Waals surface area contributed by atoms with Crippen molar-refractivity contribution in [2.75, 3.05) is 46.3 Å². The van der Waals surface area contributed by atoms with Crippen LogP contribution >= 0.6 is 24.0 Å². The van der Waals surface area contributed by atoms with E-state index in [4.69, 9.17) is 0 Å². The van der Waals surface area contributed by atoms with Gasteiger partial charge in [-0.15, -0.1) is 24.0 Å². The Hall–Kier alpha value is -0.0400. The summed E-state index contributed by atoms with van der Waals surface area (Å²) in [5.74, 6) is 1.11. The Kier molecular flexibility index (Phi) is 8.31. The first-order valence-electron chi connectivity index (χ1n) is 8.41. The SMILES string of the molecule is CCN(CC)CCNC(=NC)N1CCC2(CCCC2)C1.I. The number of guanidine groups is 1. The summed E-state index contributed by atoms with van der Waals surface area (Å²) in [6.07, 6.45) is 7.09. The van der Waals surface area contributed by atoms with E-state index in [0.29, 0.717) is 5.41 Å². The maximum atomic E-state index is 4.49. The summed E-state index contributed by atoms with van der Waals surface area (Å²) in [5, 5.41) is 3.55. The van der Waals surface area contributed by atoms with E-state index in [0.717, 1.165) is 32.1 Å². The summed E-state index contributed by atoms with van der Waals surface area (Å²) < 4.78 is 0. The van der Waals surface area contributed by atoms with Crippen LogP contribution in [0.1, 0.15) is 46.0 Å². The molecule has 0 aromatic carbocycles. The highest BCUT2D eigenvalue weighted by molar-refractivity contribution is 14.0. The molecule has 2 rings (SSSR count). The van der Waals surface area contributed by atoms with Gasteiger partial charge in [0.25, 0.3) is 0 Å². The molecule has 1 saturated heterocycles. The van der Waals surface area contributed by atoms with Crippen molar-refractivity contribution in [3.8, 4) is 0 Å². The number of likely N-dealkylation sites (tertiary alicyclic amines) is 1. The fourth-order valence-electron chi connectivity index (χ4n) is 3.85. The van der Waals surface area contributed by atoms with Gasteiger partial charge in [0.1, 0.15) is 0 Å². The maximum Gasteiger partial charge on any atom is 0.193 e. The first-order valence-corrected chi connectivity index (χ1v) is 8.41. The Balaban J connectivity index is 0.00000220. The van der Waals surface area contributed by atoms with Gasteiger partial charge in [-0.1, -0.05) is 26.7 Å². The Bertz CT molecular complexity index is 322. The summed E-state index contributed by atoms with van der Waals surface area (Å²) in [5.41, 5.74) is 0.622. The van der Waals surface area contributed by atoms with Crippen LogP contribution in [0.4, 0.5) is 0 Å². The minimum atomic E-state index is 0. The molecule has 21 heavy (non-hydrogen) atoms. The molecule has 4 nitrogen and oxygen atoms in total. The molecule has 2 fully saturated rings. The van der Waals surface area contributed by atoms with E-state index in [-0.39, 0.29) is 24.0 Å². The lowest BCUT2D eigenvalue weighted by molar-refractivity contribution is 0.299. The number of nitrogens with one attached hydrogen (secondary N) is 1. The molecule has 0 aromatic rings. The van der Waals surface area contributed by atoms with Crippen molar-refractivity contribution in [2.45, 2.75) is 46.0 Å². The Morgan fingerprint density at radius 3 is 2.43 bits per heavy atom. The predicted molar refractivity (Wildman–Crippen MR) is 102 cm³/mol. The zero-order chi connectivity index (χ0) is 14.4. The van der Waals surface area contributed by atoms with Gasteiger partial charge in [-0.25, -0.2) is 0 Å². The lowest BCUT2D eigenvalue weighted by Crippen LogP contribution is -2.44. The van der Waals surface area contributed by atoms with Crippen LogP contribution < -0.4 is 5.32 Å². The van der Waals surface area contributed by atoms with E-state index in [1.54, 1.807) is 0 Å². The first-order chi connectivity index (χ1) is 9.73. The Morgan fingerprint density at radius 2 is 1.86 bits per heavy atom. The standard InChI is InChI=1S/C16H32N4.HI/c1-4-19(5-2)13-11-18-15(17-3)20-12-10-16(14-20)8-6-7-9-16;/h4-14H2,1-3H3,(H,17,18);1H. The summed E-state index contributed by atoms with van der Waals surface area (Å²) >= 11 is 0. The molecule has 2 aliphatic rings. The number of likely N-dealkylation sites (N-methyl/N-ethyl adjacent to an activating group) is 1. The number of hydrogen-bond donors (Lipinski definition) is 1. The molecule has 0 unspecified atom stereocenters. The van der Waals surface area contributed by atoms with Gasteiger partial charge in [-0.3, -0.25) is 4.99 Å². The monoisotopic (exact) mass is 408 g/mol.